The van der Waals surface area contributed by atoms with Crippen molar-refractivity contribution in [2.45, 2.75) is 26.8 Å². The highest BCUT2D eigenvalue weighted by atomic mass is 16.3. The summed E-state index contributed by atoms with van der Waals surface area (Å²) in [5.74, 6) is 1.58. The van der Waals surface area contributed by atoms with Crippen molar-refractivity contribution in [1.29, 1.82) is 0 Å². The van der Waals surface area contributed by atoms with E-state index in [-0.39, 0.29) is 23.0 Å². The minimum Gasteiger partial charge on any atom is -0.464 e. The number of furan rings is 1. The molecule has 2 aromatic carbocycles. The SMILES string of the molecule is Cc1ccc(C(C)NC(=O)c2cccc3c(=O)c(C)c(-c4ccccc4)oc23)o1. The number of para-hydroxylation sites is 1. The van der Waals surface area contributed by atoms with Gasteiger partial charge in [-0.25, -0.2) is 0 Å². The summed E-state index contributed by atoms with van der Waals surface area (Å²) in [5, 5.41) is 3.30. The normalized spacial score (nSPS) is 12.1. The van der Waals surface area contributed by atoms with Crippen LogP contribution in [-0.4, -0.2) is 5.91 Å². The minimum atomic E-state index is -0.330. The molecule has 1 unspecified atom stereocenters. The Kier molecular flexibility index (Phi) is 4.80. The van der Waals surface area contributed by atoms with Crippen molar-refractivity contribution >= 4 is 16.9 Å². The van der Waals surface area contributed by atoms with Gasteiger partial charge in [0.05, 0.1) is 17.0 Å². The number of carbonyl (C=O) groups excluding carboxylic acids is 1. The van der Waals surface area contributed by atoms with E-state index in [0.717, 1.165) is 11.3 Å². The fraction of sp³-hybridized carbons (Fsp3) is 0.167. The summed E-state index contributed by atoms with van der Waals surface area (Å²) in [6, 6.07) is 17.8. The van der Waals surface area contributed by atoms with E-state index in [2.05, 4.69) is 5.32 Å². The van der Waals surface area contributed by atoms with Gasteiger partial charge in [0.2, 0.25) is 0 Å². The molecule has 1 amide bonds. The zero-order chi connectivity index (χ0) is 20.5. The van der Waals surface area contributed by atoms with Crippen LogP contribution >= 0.6 is 0 Å². The third-order valence-corrected chi connectivity index (χ3v) is 4.96. The topological polar surface area (TPSA) is 72.5 Å². The highest BCUT2D eigenvalue weighted by Crippen LogP contribution is 2.27. The van der Waals surface area contributed by atoms with Gasteiger partial charge in [-0.15, -0.1) is 0 Å². The Bertz CT molecular complexity index is 1250. The number of amides is 1. The molecule has 1 atom stereocenters. The van der Waals surface area contributed by atoms with Crippen molar-refractivity contribution in [2.24, 2.45) is 0 Å². The maximum atomic E-state index is 13.0. The zero-order valence-corrected chi connectivity index (χ0v) is 16.5. The summed E-state index contributed by atoms with van der Waals surface area (Å²) in [4.78, 5) is 25.9. The summed E-state index contributed by atoms with van der Waals surface area (Å²) >= 11 is 0. The Labute approximate surface area is 168 Å². The standard InChI is InChI=1S/C24H21NO4/c1-14-12-13-20(28-14)16(3)25-24(27)19-11-7-10-18-21(26)15(2)22(29-23(18)19)17-8-5-4-6-9-17/h4-13,16H,1-3H3,(H,25,27). The summed E-state index contributed by atoms with van der Waals surface area (Å²) in [7, 11) is 0. The van der Waals surface area contributed by atoms with Crippen molar-refractivity contribution in [3.05, 3.63) is 93.5 Å². The molecule has 0 saturated heterocycles. The lowest BCUT2D eigenvalue weighted by Crippen LogP contribution is -2.27. The van der Waals surface area contributed by atoms with Crippen molar-refractivity contribution in [2.75, 3.05) is 0 Å². The molecule has 0 fully saturated rings. The van der Waals surface area contributed by atoms with Gasteiger partial charge >= 0.3 is 0 Å². The number of benzene rings is 2. The second kappa shape index (κ2) is 7.43. The average molecular weight is 387 g/mol. The fourth-order valence-corrected chi connectivity index (χ4v) is 3.38. The van der Waals surface area contributed by atoms with E-state index in [1.807, 2.05) is 56.3 Å². The Morgan fingerprint density at radius 2 is 1.69 bits per heavy atom. The number of aryl methyl sites for hydroxylation is 1. The van der Waals surface area contributed by atoms with Crippen LogP contribution in [0.3, 0.4) is 0 Å². The van der Waals surface area contributed by atoms with Crippen LogP contribution in [0.5, 0.6) is 0 Å². The highest BCUT2D eigenvalue weighted by Gasteiger charge is 2.20. The first-order valence-corrected chi connectivity index (χ1v) is 9.44. The van der Waals surface area contributed by atoms with Crippen LogP contribution in [0.25, 0.3) is 22.3 Å². The average Bonchev–Trinajstić information content (AvgIpc) is 3.17. The molecule has 1 N–H and O–H groups in total. The molecule has 5 heteroatoms. The maximum Gasteiger partial charge on any atom is 0.255 e. The van der Waals surface area contributed by atoms with E-state index in [9.17, 15) is 9.59 Å². The largest absolute Gasteiger partial charge is 0.464 e. The Hall–Kier alpha value is -3.60. The predicted octanol–water partition coefficient (Wildman–Crippen LogP) is 5.16. The predicted molar refractivity (Wildman–Crippen MR) is 112 cm³/mol. The van der Waals surface area contributed by atoms with E-state index >= 15 is 0 Å². The van der Waals surface area contributed by atoms with Gasteiger partial charge in [0.1, 0.15) is 17.3 Å². The van der Waals surface area contributed by atoms with E-state index in [4.69, 9.17) is 8.83 Å². The van der Waals surface area contributed by atoms with Gasteiger partial charge in [-0.1, -0.05) is 36.4 Å². The molecule has 146 valence electrons. The van der Waals surface area contributed by atoms with Crippen LogP contribution in [0, 0.1) is 13.8 Å². The van der Waals surface area contributed by atoms with E-state index in [0.29, 0.717) is 28.0 Å². The summed E-state index contributed by atoms with van der Waals surface area (Å²) in [6.07, 6.45) is 0. The van der Waals surface area contributed by atoms with Gasteiger partial charge in [-0.3, -0.25) is 9.59 Å². The molecular weight excluding hydrogens is 366 g/mol. The van der Waals surface area contributed by atoms with Crippen molar-refractivity contribution in [3.63, 3.8) is 0 Å². The van der Waals surface area contributed by atoms with Crippen LogP contribution in [0.15, 0.2) is 74.3 Å². The molecule has 0 saturated carbocycles. The molecular formula is C24H21NO4. The van der Waals surface area contributed by atoms with Crippen LogP contribution < -0.4 is 10.7 Å². The van der Waals surface area contributed by atoms with Crippen LogP contribution in [0.1, 0.15) is 40.4 Å². The molecule has 0 spiro atoms. The van der Waals surface area contributed by atoms with Gasteiger partial charge in [0.15, 0.2) is 11.0 Å². The van der Waals surface area contributed by atoms with E-state index in [1.165, 1.54) is 0 Å². The number of fused-ring (bicyclic) bond motifs is 1. The van der Waals surface area contributed by atoms with Gasteiger partial charge in [-0.05, 0) is 45.0 Å². The molecule has 29 heavy (non-hydrogen) atoms. The molecule has 0 aliphatic carbocycles. The summed E-state index contributed by atoms with van der Waals surface area (Å²) in [5.41, 5.74) is 1.75. The number of rotatable bonds is 4. The first-order valence-electron chi connectivity index (χ1n) is 9.44. The quantitative estimate of drug-likeness (QED) is 0.525. The third-order valence-electron chi connectivity index (χ3n) is 4.96. The Morgan fingerprint density at radius 3 is 2.38 bits per heavy atom. The molecule has 0 aliphatic rings. The van der Waals surface area contributed by atoms with Crippen molar-refractivity contribution in [3.8, 4) is 11.3 Å². The molecule has 0 bridgehead atoms. The third kappa shape index (κ3) is 3.47. The first-order chi connectivity index (χ1) is 14.0. The molecule has 5 nitrogen and oxygen atoms in total. The van der Waals surface area contributed by atoms with E-state index < -0.39 is 0 Å². The monoisotopic (exact) mass is 387 g/mol. The van der Waals surface area contributed by atoms with Crippen LogP contribution in [0.2, 0.25) is 0 Å². The molecule has 4 aromatic rings. The maximum absolute atomic E-state index is 13.0. The number of carbonyl (C=O) groups is 1. The molecule has 2 heterocycles. The summed E-state index contributed by atoms with van der Waals surface area (Å²) in [6.45, 7) is 5.43. The van der Waals surface area contributed by atoms with Crippen molar-refractivity contribution < 1.29 is 13.6 Å². The molecule has 4 rings (SSSR count). The fourth-order valence-electron chi connectivity index (χ4n) is 3.38. The Balaban J connectivity index is 1.79. The second-order valence-electron chi connectivity index (χ2n) is 7.08. The highest BCUT2D eigenvalue weighted by molar-refractivity contribution is 6.05. The second-order valence-corrected chi connectivity index (χ2v) is 7.08. The number of hydrogen-bond donors (Lipinski definition) is 1. The van der Waals surface area contributed by atoms with Crippen LogP contribution in [-0.2, 0) is 0 Å². The number of hydrogen-bond acceptors (Lipinski definition) is 4. The first kappa shape index (κ1) is 18.7. The van der Waals surface area contributed by atoms with E-state index in [1.54, 1.807) is 25.1 Å². The lowest BCUT2D eigenvalue weighted by Gasteiger charge is -2.13. The molecule has 2 aromatic heterocycles. The van der Waals surface area contributed by atoms with Gasteiger partial charge in [0, 0.05) is 11.1 Å². The minimum absolute atomic E-state index is 0.144. The molecule has 0 radical (unpaired) electrons. The summed E-state index contributed by atoms with van der Waals surface area (Å²) < 4.78 is 11.7. The van der Waals surface area contributed by atoms with Gasteiger partial charge < -0.3 is 14.2 Å². The lowest BCUT2D eigenvalue weighted by atomic mass is 10.0. The van der Waals surface area contributed by atoms with Crippen molar-refractivity contribution in [1.82, 2.24) is 5.32 Å². The smallest absolute Gasteiger partial charge is 0.255 e. The van der Waals surface area contributed by atoms with Gasteiger partial charge in [0.25, 0.3) is 5.91 Å². The molecule has 0 aliphatic heterocycles. The van der Waals surface area contributed by atoms with Gasteiger partial charge in [-0.2, -0.15) is 0 Å². The number of nitrogens with one attached hydrogen (secondary N) is 1. The Morgan fingerprint density at radius 1 is 0.931 bits per heavy atom. The van der Waals surface area contributed by atoms with Crippen LogP contribution in [0.4, 0.5) is 0 Å². The zero-order valence-electron chi connectivity index (χ0n) is 16.5. The lowest BCUT2D eigenvalue weighted by molar-refractivity contribution is 0.0936.